The number of nitrogens with zero attached hydrogens (tertiary/aromatic N) is 1. The SMILES string of the molecule is CNC1CCC(NCc2ccc(OC)c(-c3ccc(C#N)cc3)c2)CC1.Cl. The van der Waals surface area contributed by atoms with Gasteiger partial charge in [-0.1, -0.05) is 18.2 Å². The summed E-state index contributed by atoms with van der Waals surface area (Å²) in [5.41, 5.74) is 4.05. The molecule has 27 heavy (non-hydrogen) atoms. The number of hydrogen-bond acceptors (Lipinski definition) is 4. The molecule has 5 heteroatoms. The average molecular weight is 386 g/mol. The number of nitriles is 1. The first-order valence-corrected chi connectivity index (χ1v) is 9.31. The highest BCUT2D eigenvalue weighted by atomic mass is 35.5. The van der Waals surface area contributed by atoms with Crippen molar-refractivity contribution in [3.05, 3.63) is 53.6 Å². The van der Waals surface area contributed by atoms with Crippen LogP contribution in [0.1, 0.15) is 36.8 Å². The third-order valence-corrected chi connectivity index (χ3v) is 5.32. The fourth-order valence-corrected chi connectivity index (χ4v) is 3.66. The molecule has 1 saturated carbocycles. The van der Waals surface area contributed by atoms with E-state index in [2.05, 4.69) is 35.9 Å². The Bertz CT molecular complexity index is 762. The zero-order chi connectivity index (χ0) is 18.4. The predicted octanol–water partition coefficient (Wildman–Crippen LogP) is 4.28. The summed E-state index contributed by atoms with van der Waals surface area (Å²) in [5, 5.41) is 16.1. The van der Waals surface area contributed by atoms with Crippen molar-refractivity contribution < 1.29 is 4.74 Å². The zero-order valence-electron chi connectivity index (χ0n) is 16.0. The Morgan fingerprint density at radius 1 is 1.04 bits per heavy atom. The van der Waals surface area contributed by atoms with E-state index in [-0.39, 0.29) is 12.4 Å². The number of hydrogen-bond donors (Lipinski definition) is 2. The molecule has 4 nitrogen and oxygen atoms in total. The molecule has 0 spiro atoms. The van der Waals surface area contributed by atoms with Crippen molar-refractivity contribution in [3.63, 3.8) is 0 Å². The van der Waals surface area contributed by atoms with E-state index in [1.807, 2.05) is 30.3 Å². The van der Waals surface area contributed by atoms with Gasteiger partial charge in [0.1, 0.15) is 5.75 Å². The Kier molecular flexibility index (Phi) is 8.12. The van der Waals surface area contributed by atoms with Crippen molar-refractivity contribution in [1.82, 2.24) is 10.6 Å². The van der Waals surface area contributed by atoms with E-state index in [4.69, 9.17) is 10.00 Å². The molecule has 0 bridgehead atoms. The van der Waals surface area contributed by atoms with Gasteiger partial charge >= 0.3 is 0 Å². The van der Waals surface area contributed by atoms with Crippen LogP contribution in [0.2, 0.25) is 0 Å². The lowest BCUT2D eigenvalue weighted by molar-refractivity contribution is 0.317. The van der Waals surface area contributed by atoms with Gasteiger partial charge in [-0.3, -0.25) is 0 Å². The van der Waals surface area contributed by atoms with Gasteiger partial charge in [0.25, 0.3) is 0 Å². The zero-order valence-corrected chi connectivity index (χ0v) is 16.8. The molecule has 1 aliphatic carbocycles. The molecule has 0 unspecified atom stereocenters. The van der Waals surface area contributed by atoms with Gasteiger partial charge in [-0.15, -0.1) is 12.4 Å². The molecule has 144 valence electrons. The molecule has 2 N–H and O–H groups in total. The number of ether oxygens (including phenoxy) is 1. The first-order valence-electron chi connectivity index (χ1n) is 9.31. The van der Waals surface area contributed by atoms with Crippen molar-refractivity contribution in [2.75, 3.05) is 14.2 Å². The van der Waals surface area contributed by atoms with Crippen molar-refractivity contribution in [1.29, 1.82) is 5.26 Å². The number of methoxy groups -OCH3 is 1. The summed E-state index contributed by atoms with van der Waals surface area (Å²) in [7, 11) is 3.75. The first kappa shape index (κ1) is 21.2. The van der Waals surface area contributed by atoms with Crippen molar-refractivity contribution in [3.8, 4) is 22.9 Å². The van der Waals surface area contributed by atoms with Crippen LogP contribution in [0.15, 0.2) is 42.5 Å². The highest BCUT2D eigenvalue weighted by Crippen LogP contribution is 2.31. The van der Waals surface area contributed by atoms with Crippen molar-refractivity contribution in [2.24, 2.45) is 0 Å². The van der Waals surface area contributed by atoms with Gasteiger partial charge in [0.2, 0.25) is 0 Å². The van der Waals surface area contributed by atoms with Gasteiger partial charge in [0.15, 0.2) is 0 Å². The van der Waals surface area contributed by atoms with Crippen LogP contribution in [0.5, 0.6) is 5.75 Å². The third kappa shape index (κ3) is 5.46. The molecule has 1 aliphatic rings. The average Bonchev–Trinajstić information content (AvgIpc) is 2.72. The van der Waals surface area contributed by atoms with Gasteiger partial charge in [-0.05, 0) is 68.1 Å². The molecule has 0 aliphatic heterocycles. The van der Waals surface area contributed by atoms with Crippen LogP contribution in [0.4, 0.5) is 0 Å². The van der Waals surface area contributed by atoms with E-state index in [9.17, 15) is 0 Å². The normalized spacial score (nSPS) is 19.0. The summed E-state index contributed by atoms with van der Waals surface area (Å²) in [4.78, 5) is 0. The summed E-state index contributed by atoms with van der Waals surface area (Å²) in [5.74, 6) is 0.855. The summed E-state index contributed by atoms with van der Waals surface area (Å²) < 4.78 is 5.54. The Labute approximate surface area is 168 Å². The topological polar surface area (TPSA) is 57.1 Å². The Morgan fingerprint density at radius 3 is 2.30 bits per heavy atom. The second-order valence-electron chi connectivity index (χ2n) is 6.94. The smallest absolute Gasteiger partial charge is 0.126 e. The minimum atomic E-state index is 0. The molecule has 0 aromatic heterocycles. The van der Waals surface area contributed by atoms with E-state index in [0.717, 1.165) is 23.4 Å². The van der Waals surface area contributed by atoms with E-state index in [1.165, 1.54) is 31.2 Å². The standard InChI is InChI=1S/C22H27N3O.ClH/c1-24-19-8-10-20(11-9-19)25-15-17-5-12-22(26-2)21(13-17)18-6-3-16(14-23)4-7-18;/h3-7,12-13,19-20,24-25H,8-11,15H2,1-2H3;1H. The van der Waals surface area contributed by atoms with Gasteiger partial charge < -0.3 is 15.4 Å². The van der Waals surface area contributed by atoms with E-state index in [1.54, 1.807) is 7.11 Å². The Morgan fingerprint density at radius 2 is 1.70 bits per heavy atom. The van der Waals surface area contributed by atoms with Crippen LogP contribution >= 0.6 is 12.4 Å². The van der Waals surface area contributed by atoms with Crippen LogP contribution < -0.4 is 15.4 Å². The summed E-state index contributed by atoms with van der Waals surface area (Å²) in [6, 6.07) is 17.4. The second-order valence-corrected chi connectivity index (χ2v) is 6.94. The fourth-order valence-electron chi connectivity index (χ4n) is 3.66. The van der Waals surface area contributed by atoms with Crippen LogP contribution in [0, 0.1) is 11.3 Å². The molecule has 0 saturated heterocycles. The predicted molar refractivity (Wildman–Crippen MR) is 112 cm³/mol. The highest BCUT2D eigenvalue weighted by Gasteiger charge is 2.19. The second kappa shape index (κ2) is 10.3. The summed E-state index contributed by atoms with van der Waals surface area (Å²) >= 11 is 0. The quantitative estimate of drug-likeness (QED) is 0.779. The fraction of sp³-hybridized carbons (Fsp3) is 0.409. The molecule has 0 atom stereocenters. The van der Waals surface area contributed by atoms with E-state index < -0.39 is 0 Å². The number of nitrogens with one attached hydrogen (secondary N) is 2. The van der Waals surface area contributed by atoms with Crippen molar-refractivity contribution >= 4 is 12.4 Å². The molecule has 0 radical (unpaired) electrons. The number of rotatable bonds is 6. The van der Waals surface area contributed by atoms with Gasteiger partial charge in [-0.25, -0.2) is 0 Å². The molecular weight excluding hydrogens is 358 g/mol. The lowest BCUT2D eigenvalue weighted by atomic mass is 9.91. The monoisotopic (exact) mass is 385 g/mol. The molecule has 2 aromatic carbocycles. The summed E-state index contributed by atoms with van der Waals surface area (Å²) in [6.07, 6.45) is 4.94. The third-order valence-electron chi connectivity index (χ3n) is 5.32. The maximum atomic E-state index is 8.98. The minimum absolute atomic E-state index is 0. The minimum Gasteiger partial charge on any atom is -0.496 e. The van der Waals surface area contributed by atoms with Crippen LogP contribution in [-0.2, 0) is 6.54 Å². The van der Waals surface area contributed by atoms with Crippen molar-refractivity contribution in [2.45, 2.75) is 44.3 Å². The molecule has 1 fully saturated rings. The maximum Gasteiger partial charge on any atom is 0.126 e. The molecule has 3 rings (SSSR count). The number of benzene rings is 2. The first-order chi connectivity index (χ1) is 12.7. The van der Waals surface area contributed by atoms with Gasteiger partial charge in [0, 0.05) is 24.2 Å². The lowest BCUT2D eigenvalue weighted by Gasteiger charge is -2.29. The van der Waals surface area contributed by atoms with E-state index in [0.29, 0.717) is 17.6 Å². The molecule has 0 heterocycles. The van der Waals surface area contributed by atoms with Gasteiger partial charge in [0.05, 0.1) is 18.7 Å². The lowest BCUT2D eigenvalue weighted by Crippen LogP contribution is -2.38. The molecule has 2 aromatic rings. The molecular formula is C22H28ClN3O. The van der Waals surface area contributed by atoms with E-state index >= 15 is 0 Å². The maximum absolute atomic E-state index is 8.98. The Hall–Kier alpha value is -2.06. The highest BCUT2D eigenvalue weighted by molar-refractivity contribution is 5.85. The van der Waals surface area contributed by atoms with Crippen LogP contribution in [0.25, 0.3) is 11.1 Å². The summed E-state index contributed by atoms with van der Waals surface area (Å²) in [6.45, 7) is 0.863. The van der Waals surface area contributed by atoms with Gasteiger partial charge in [-0.2, -0.15) is 5.26 Å². The molecule has 0 amide bonds. The Balaban J connectivity index is 0.00000261. The van der Waals surface area contributed by atoms with Crippen LogP contribution in [0.3, 0.4) is 0 Å². The largest absolute Gasteiger partial charge is 0.496 e. The van der Waals surface area contributed by atoms with Crippen LogP contribution in [-0.4, -0.2) is 26.2 Å². The number of halogens is 1.